The summed E-state index contributed by atoms with van der Waals surface area (Å²) in [6.07, 6.45) is 0. The molecule has 4 heteroatoms. The predicted octanol–water partition coefficient (Wildman–Crippen LogP) is 3.21. The van der Waals surface area contributed by atoms with Gasteiger partial charge < -0.3 is 5.73 Å². The predicted molar refractivity (Wildman–Crippen MR) is 58.9 cm³/mol. The molecule has 0 saturated carbocycles. The van der Waals surface area contributed by atoms with Gasteiger partial charge in [0.25, 0.3) is 0 Å². The quantitative estimate of drug-likeness (QED) is 0.749. The summed E-state index contributed by atoms with van der Waals surface area (Å²) in [6, 6.07) is 7.04. The third-order valence-electron chi connectivity index (χ3n) is 1.80. The van der Waals surface area contributed by atoms with E-state index < -0.39 is 0 Å². The van der Waals surface area contributed by atoms with Crippen LogP contribution in [0.25, 0.3) is 5.70 Å². The Bertz CT molecular complexity index is 410. The van der Waals surface area contributed by atoms with Crippen molar-refractivity contribution in [3.63, 3.8) is 0 Å². The third kappa shape index (κ3) is 2.01. The molecule has 0 aliphatic carbocycles. The van der Waals surface area contributed by atoms with Crippen molar-refractivity contribution in [2.45, 2.75) is 6.92 Å². The largest absolute Gasteiger partial charge is 0.397 e. The first-order valence-electron chi connectivity index (χ1n) is 3.88. The fraction of sp³-hybridized carbons (Fsp3) is 0.100. The minimum atomic E-state index is 0.322. The number of halogens is 2. The molecule has 0 spiro atoms. The molecule has 1 aromatic carbocycles. The van der Waals surface area contributed by atoms with E-state index in [1.807, 2.05) is 6.07 Å². The zero-order valence-corrected chi connectivity index (χ0v) is 9.02. The summed E-state index contributed by atoms with van der Waals surface area (Å²) in [7, 11) is 0. The van der Waals surface area contributed by atoms with Crippen LogP contribution < -0.4 is 5.73 Å². The Morgan fingerprint density at radius 1 is 1.36 bits per heavy atom. The summed E-state index contributed by atoms with van der Waals surface area (Å²) in [5.41, 5.74) is 6.99. The lowest BCUT2D eigenvalue weighted by atomic mass is 10.1. The molecule has 0 heterocycles. The Kier molecular flexibility index (Phi) is 3.40. The third-order valence-corrected chi connectivity index (χ3v) is 2.43. The van der Waals surface area contributed by atoms with E-state index in [4.69, 9.17) is 34.2 Å². The zero-order chi connectivity index (χ0) is 10.7. The van der Waals surface area contributed by atoms with Crippen molar-refractivity contribution in [2.75, 3.05) is 0 Å². The fourth-order valence-electron chi connectivity index (χ4n) is 1.00. The maximum Gasteiger partial charge on any atom is 0.0965 e. The first kappa shape index (κ1) is 10.9. The minimum Gasteiger partial charge on any atom is -0.397 e. The Hall–Kier alpha value is -1.17. The number of benzene rings is 1. The molecule has 14 heavy (non-hydrogen) atoms. The van der Waals surface area contributed by atoms with Gasteiger partial charge in [0.05, 0.1) is 27.4 Å². The molecule has 0 unspecified atom stereocenters. The van der Waals surface area contributed by atoms with Crippen molar-refractivity contribution in [1.29, 1.82) is 5.26 Å². The molecule has 0 fully saturated rings. The summed E-state index contributed by atoms with van der Waals surface area (Å²) < 4.78 is 0. The molecule has 0 radical (unpaired) electrons. The molecule has 2 nitrogen and oxygen atoms in total. The Labute approximate surface area is 92.5 Å². The van der Waals surface area contributed by atoms with Gasteiger partial charge in [0, 0.05) is 5.56 Å². The van der Waals surface area contributed by atoms with E-state index in [1.165, 1.54) is 0 Å². The van der Waals surface area contributed by atoms with Crippen molar-refractivity contribution in [3.8, 4) is 6.07 Å². The van der Waals surface area contributed by atoms with E-state index in [0.717, 1.165) is 0 Å². The van der Waals surface area contributed by atoms with Gasteiger partial charge >= 0.3 is 0 Å². The molecule has 72 valence electrons. The number of nitrogens with zero attached hydrogens (tertiary/aromatic N) is 1. The topological polar surface area (TPSA) is 49.8 Å². The fourth-order valence-corrected chi connectivity index (χ4v) is 1.60. The normalized spacial score (nSPS) is 11.9. The van der Waals surface area contributed by atoms with Crippen LogP contribution in [-0.4, -0.2) is 0 Å². The van der Waals surface area contributed by atoms with Crippen LogP contribution in [0.3, 0.4) is 0 Å². The molecule has 0 atom stereocenters. The zero-order valence-electron chi connectivity index (χ0n) is 7.51. The van der Waals surface area contributed by atoms with E-state index in [-0.39, 0.29) is 0 Å². The number of hydrogen-bond acceptors (Lipinski definition) is 2. The molecule has 0 aromatic heterocycles. The SMILES string of the molecule is C/C(C#N)=C(/N)c1c(Cl)cccc1Cl. The van der Waals surface area contributed by atoms with Gasteiger partial charge in [-0.25, -0.2) is 0 Å². The number of rotatable bonds is 1. The van der Waals surface area contributed by atoms with Crippen LogP contribution in [0.2, 0.25) is 10.0 Å². The van der Waals surface area contributed by atoms with Crippen LogP contribution in [0.1, 0.15) is 12.5 Å². The second kappa shape index (κ2) is 4.36. The lowest BCUT2D eigenvalue weighted by Crippen LogP contribution is -2.00. The van der Waals surface area contributed by atoms with E-state index in [2.05, 4.69) is 0 Å². The van der Waals surface area contributed by atoms with Gasteiger partial charge in [0.2, 0.25) is 0 Å². The highest BCUT2D eigenvalue weighted by molar-refractivity contribution is 6.37. The lowest BCUT2D eigenvalue weighted by Gasteiger charge is -2.07. The molecule has 1 aromatic rings. The first-order chi connectivity index (χ1) is 6.57. The summed E-state index contributed by atoms with van der Waals surface area (Å²) in [5.74, 6) is 0. The highest BCUT2D eigenvalue weighted by Gasteiger charge is 2.10. The van der Waals surface area contributed by atoms with Gasteiger partial charge in [-0.2, -0.15) is 5.26 Å². The maximum absolute atomic E-state index is 8.67. The monoisotopic (exact) mass is 226 g/mol. The number of allylic oxidation sites excluding steroid dienone is 1. The second-order valence-electron chi connectivity index (χ2n) is 2.75. The van der Waals surface area contributed by atoms with Crippen LogP contribution >= 0.6 is 23.2 Å². The van der Waals surface area contributed by atoms with Gasteiger partial charge in [0.15, 0.2) is 0 Å². The molecule has 0 amide bonds. The molecule has 2 N–H and O–H groups in total. The average Bonchev–Trinajstić information content (AvgIpc) is 2.16. The van der Waals surface area contributed by atoms with Gasteiger partial charge in [-0.1, -0.05) is 29.3 Å². The van der Waals surface area contributed by atoms with Crippen LogP contribution in [0.15, 0.2) is 23.8 Å². The number of hydrogen-bond donors (Lipinski definition) is 1. The van der Waals surface area contributed by atoms with Gasteiger partial charge in [-0.15, -0.1) is 0 Å². The minimum absolute atomic E-state index is 0.322. The lowest BCUT2D eigenvalue weighted by molar-refractivity contribution is 1.39. The number of nitriles is 1. The van der Waals surface area contributed by atoms with Crippen molar-refractivity contribution in [2.24, 2.45) is 5.73 Å². The maximum atomic E-state index is 8.67. The van der Waals surface area contributed by atoms with E-state index in [9.17, 15) is 0 Å². The van der Waals surface area contributed by atoms with Crippen molar-refractivity contribution >= 4 is 28.9 Å². The highest BCUT2D eigenvalue weighted by atomic mass is 35.5. The van der Waals surface area contributed by atoms with Crippen LogP contribution in [0.4, 0.5) is 0 Å². The first-order valence-corrected chi connectivity index (χ1v) is 4.64. The summed E-state index contributed by atoms with van der Waals surface area (Å²) in [5, 5.41) is 9.57. The Morgan fingerprint density at radius 3 is 2.29 bits per heavy atom. The summed E-state index contributed by atoms with van der Waals surface area (Å²) >= 11 is 11.8. The van der Waals surface area contributed by atoms with Crippen molar-refractivity contribution in [1.82, 2.24) is 0 Å². The number of nitrogens with two attached hydrogens (primary N) is 1. The molecular formula is C10H8Cl2N2. The molecule has 0 saturated heterocycles. The molecule has 0 bridgehead atoms. The Morgan fingerprint density at radius 2 is 1.86 bits per heavy atom. The van der Waals surface area contributed by atoms with Gasteiger partial charge in [0.1, 0.15) is 0 Å². The van der Waals surface area contributed by atoms with Gasteiger partial charge in [-0.05, 0) is 19.1 Å². The molecular weight excluding hydrogens is 219 g/mol. The summed E-state index contributed by atoms with van der Waals surface area (Å²) in [6.45, 7) is 1.62. The second-order valence-corrected chi connectivity index (χ2v) is 3.56. The molecule has 0 aliphatic heterocycles. The van der Waals surface area contributed by atoms with Crippen LogP contribution in [-0.2, 0) is 0 Å². The molecule has 1 rings (SSSR count). The average molecular weight is 227 g/mol. The van der Waals surface area contributed by atoms with E-state index in [0.29, 0.717) is 26.9 Å². The Balaban J connectivity index is 3.42. The van der Waals surface area contributed by atoms with Crippen LogP contribution in [0, 0.1) is 11.3 Å². The smallest absolute Gasteiger partial charge is 0.0965 e. The van der Waals surface area contributed by atoms with Crippen molar-refractivity contribution < 1.29 is 0 Å². The molecule has 0 aliphatic rings. The van der Waals surface area contributed by atoms with E-state index >= 15 is 0 Å². The highest BCUT2D eigenvalue weighted by Crippen LogP contribution is 2.29. The van der Waals surface area contributed by atoms with Crippen molar-refractivity contribution in [3.05, 3.63) is 39.4 Å². The van der Waals surface area contributed by atoms with E-state index in [1.54, 1.807) is 25.1 Å². The summed E-state index contributed by atoms with van der Waals surface area (Å²) in [4.78, 5) is 0. The van der Waals surface area contributed by atoms with Crippen LogP contribution in [0.5, 0.6) is 0 Å². The van der Waals surface area contributed by atoms with Gasteiger partial charge in [-0.3, -0.25) is 0 Å². The standard InChI is InChI=1S/C10H8Cl2N2/c1-6(5-13)10(14)9-7(11)3-2-4-8(9)12/h2-4H,14H2,1H3/b10-6-.